The normalized spacial score (nSPS) is 10.3. The summed E-state index contributed by atoms with van der Waals surface area (Å²) in [5, 5.41) is 3.13. The van der Waals surface area contributed by atoms with Gasteiger partial charge in [0.25, 0.3) is 5.91 Å². The molecule has 0 spiro atoms. The summed E-state index contributed by atoms with van der Waals surface area (Å²) in [6.45, 7) is 6.27. The Balaban J connectivity index is 1.96. The zero-order valence-electron chi connectivity index (χ0n) is 13.7. The number of pyridine rings is 1. The highest BCUT2D eigenvalue weighted by Crippen LogP contribution is 2.07. The van der Waals surface area contributed by atoms with Crippen LogP contribution in [0.4, 0.5) is 5.95 Å². The van der Waals surface area contributed by atoms with E-state index >= 15 is 0 Å². The van der Waals surface area contributed by atoms with Crippen molar-refractivity contribution in [2.75, 3.05) is 18.4 Å². The van der Waals surface area contributed by atoms with Gasteiger partial charge < -0.3 is 10.2 Å². The molecule has 1 N–H and O–H groups in total. The highest BCUT2D eigenvalue weighted by atomic mass is 16.2. The van der Waals surface area contributed by atoms with E-state index in [0.29, 0.717) is 18.1 Å². The van der Waals surface area contributed by atoms with Crippen molar-refractivity contribution in [2.24, 2.45) is 0 Å². The van der Waals surface area contributed by atoms with Gasteiger partial charge in [-0.05, 0) is 30.5 Å². The predicted molar refractivity (Wildman–Crippen MR) is 90.1 cm³/mol. The Labute approximate surface area is 137 Å². The van der Waals surface area contributed by atoms with Crippen molar-refractivity contribution in [3.63, 3.8) is 0 Å². The van der Waals surface area contributed by atoms with Crippen molar-refractivity contribution in [1.82, 2.24) is 19.9 Å². The Hall–Kier alpha value is -2.50. The smallest absolute Gasteiger partial charge is 0.256 e. The minimum Gasteiger partial charge on any atom is -0.350 e. The third-order valence-electron chi connectivity index (χ3n) is 3.37. The average Bonchev–Trinajstić information content (AvgIpc) is 2.60. The van der Waals surface area contributed by atoms with Crippen LogP contribution in [0.3, 0.4) is 0 Å². The first-order chi connectivity index (χ1) is 11.2. The molecule has 0 aliphatic heterocycles. The second kappa shape index (κ2) is 8.82. The van der Waals surface area contributed by atoms with Crippen LogP contribution in [0.15, 0.2) is 36.9 Å². The summed E-state index contributed by atoms with van der Waals surface area (Å²) in [7, 11) is 0. The third-order valence-corrected chi connectivity index (χ3v) is 3.37. The van der Waals surface area contributed by atoms with Crippen molar-refractivity contribution >= 4 is 11.9 Å². The van der Waals surface area contributed by atoms with Crippen LogP contribution in [0.2, 0.25) is 0 Å². The number of nitrogens with zero attached hydrogens (tertiary/aromatic N) is 4. The monoisotopic (exact) mass is 313 g/mol. The Morgan fingerprint density at radius 2 is 1.70 bits per heavy atom. The van der Waals surface area contributed by atoms with Crippen LogP contribution in [-0.4, -0.2) is 38.8 Å². The van der Waals surface area contributed by atoms with E-state index in [0.717, 1.165) is 31.5 Å². The van der Waals surface area contributed by atoms with Crippen LogP contribution in [0.1, 0.15) is 42.6 Å². The zero-order valence-corrected chi connectivity index (χ0v) is 13.7. The van der Waals surface area contributed by atoms with Crippen molar-refractivity contribution in [1.29, 1.82) is 0 Å². The quantitative estimate of drug-likeness (QED) is 0.811. The molecule has 0 atom stereocenters. The molecule has 0 saturated carbocycles. The lowest BCUT2D eigenvalue weighted by atomic mass is 10.2. The Morgan fingerprint density at radius 1 is 1.09 bits per heavy atom. The summed E-state index contributed by atoms with van der Waals surface area (Å²) >= 11 is 0. The first-order valence-electron chi connectivity index (χ1n) is 7.98. The molecule has 6 nitrogen and oxygen atoms in total. The van der Waals surface area contributed by atoms with Crippen molar-refractivity contribution in [3.05, 3.63) is 48.0 Å². The minimum absolute atomic E-state index is 0.00520. The van der Waals surface area contributed by atoms with Gasteiger partial charge in [-0.2, -0.15) is 0 Å². The molecule has 6 heteroatoms. The van der Waals surface area contributed by atoms with Crippen LogP contribution in [-0.2, 0) is 6.54 Å². The molecule has 2 heterocycles. The lowest BCUT2D eigenvalue weighted by molar-refractivity contribution is 0.0754. The van der Waals surface area contributed by atoms with E-state index in [2.05, 4.69) is 34.1 Å². The lowest BCUT2D eigenvalue weighted by Crippen LogP contribution is -2.32. The molecule has 2 aromatic rings. The maximum absolute atomic E-state index is 12.4. The number of amides is 1. The molecular weight excluding hydrogens is 290 g/mol. The highest BCUT2D eigenvalue weighted by molar-refractivity contribution is 5.93. The molecule has 0 unspecified atom stereocenters. The fraction of sp³-hybridized carbons (Fsp3) is 0.412. The number of carbonyl (C=O) groups excluding carboxylic acids is 1. The first kappa shape index (κ1) is 16.9. The molecule has 0 aliphatic carbocycles. The maximum Gasteiger partial charge on any atom is 0.256 e. The van der Waals surface area contributed by atoms with Gasteiger partial charge in [-0.15, -0.1) is 0 Å². The molecule has 0 bridgehead atoms. The zero-order chi connectivity index (χ0) is 16.5. The molecule has 2 rings (SSSR count). The average molecular weight is 313 g/mol. The number of carbonyl (C=O) groups is 1. The van der Waals surface area contributed by atoms with Gasteiger partial charge >= 0.3 is 0 Å². The van der Waals surface area contributed by atoms with Gasteiger partial charge in [0.05, 0.1) is 5.56 Å². The van der Waals surface area contributed by atoms with Gasteiger partial charge in [0.2, 0.25) is 5.95 Å². The van der Waals surface area contributed by atoms with E-state index in [1.54, 1.807) is 24.8 Å². The standard InChI is InChI=1S/C17H23N5O/c1-3-9-22(10-4-2)16(23)15-12-20-17(21-13-15)19-11-14-5-7-18-8-6-14/h5-8,12-13H,3-4,9-11H2,1-2H3,(H,19,20,21). The van der Waals surface area contributed by atoms with E-state index in [-0.39, 0.29) is 5.91 Å². The fourth-order valence-electron chi connectivity index (χ4n) is 2.25. The lowest BCUT2D eigenvalue weighted by Gasteiger charge is -2.21. The molecule has 23 heavy (non-hydrogen) atoms. The minimum atomic E-state index is -0.00520. The molecule has 0 radical (unpaired) electrons. The summed E-state index contributed by atoms with van der Waals surface area (Å²) in [6.07, 6.45) is 8.55. The molecule has 0 aromatic carbocycles. The maximum atomic E-state index is 12.4. The number of rotatable bonds is 8. The molecule has 0 fully saturated rings. The third kappa shape index (κ3) is 5.02. The molecule has 0 aliphatic rings. The van der Waals surface area contributed by atoms with Gasteiger partial charge in [-0.3, -0.25) is 9.78 Å². The highest BCUT2D eigenvalue weighted by Gasteiger charge is 2.15. The molecule has 1 amide bonds. The van der Waals surface area contributed by atoms with Crippen molar-refractivity contribution in [2.45, 2.75) is 33.2 Å². The SMILES string of the molecule is CCCN(CCC)C(=O)c1cnc(NCc2ccncc2)nc1. The second-order valence-corrected chi connectivity index (χ2v) is 5.30. The van der Waals surface area contributed by atoms with E-state index in [9.17, 15) is 4.79 Å². The predicted octanol–water partition coefficient (Wildman–Crippen LogP) is 2.75. The number of aromatic nitrogens is 3. The van der Waals surface area contributed by atoms with E-state index in [4.69, 9.17) is 0 Å². The van der Waals surface area contributed by atoms with Crippen LogP contribution in [0.5, 0.6) is 0 Å². The summed E-state index contributed by atoms with van der Waals surface area (Å²) < 4.78 is 0. The molecule has 122 valence electrons. The molecular formula is C17H23N5O. The Kier molecular flexibility index (Phi) is 6.47. The van der Waals surface area contributed by atoms with Crippen LogP contribution >= 0.6 is 0 Å². The number of hydrogen-bond acceptors (Lipinski definition) is 5. The number of nitrogens with one attached hydrogen (secondary N) is 1. The van der Waals surface area contributed by atoms with Gasteiger partial charge in [0.15, 0.2) is 0 Å². The van der Waals surface area contributed by atoms with Crippen molar-refractivity contribution < 1.29 is 4.79 Å². The largest absolute Gasteiger partial charge is 0.350 e. The topological polar surface area (TPSA) is 71.0 Å². The van der Waals surface area contributed by atoms with E-state index < -0.39 is 0 Å². The summed E-state index contributed by atoms with van der Waals surface area (Å²) in [5.74, 6) is 0.505. The van der Waals surface area contributed by atoms with Crippen LogP contribution in [0, 0.1) is 0 Å². The fourth-order valence-corrected chi connectivity index (χ4v) is 2.25. The van der Waals surface area contributed by atoms with E-state index in [1.165, 1.54) is 0 Å². The van der Waals surface area contributed by atoms with Crippen molar-refractivity contribution in [3.8, 4) is 0 Å². The van der Waals surface area contributed by atoms with Crippen LogP contribution in [0.25, 0.3) is 0 Å². The molecule has 2 aromatic heterocycles. The second-order valence-electron chi connectivity index (χ2n) is 5.30. The van der Waals surface area contributed by atoms with E-state index in [1.807, 2.05) is 17.0 Å². The summed E-state index contributed by atoms with van der Waals surface area (Å²) in [6, 6.07) is 3.86. The van der Waals surface area contributed by atoms with Gasteiger partial charge in [0.1, 0.15) is 0 Å². The first-order valence-corrected chi connectivity index (χ1v) is 7.98. The molecule has 0 saturated heterocycles. The van der Waals surface area contributed by atoms with Gasteiger partial charge in [-0.1, -0.05) is 13.8 Å². The van der Waals surface area contributed by atoms with Crippen LogP contribution < -0.4 is 5.32 Å². The number of anilines is 1. The Morgan fingerprint density at radius 3 is 2.26 bits per heavy atom. The van der Waals surface area contributed by atoms with Gasteiger partial charge in [0, 0.05) is 44.4 Å². The Bertz CT molecular complexity index is 594. The summed E-state index contributed by atoms with van der Waals surface area (Å²) in [5.41, 5.74) is 1.63. The summed E-state index contributed by atoms with van der Waals surface area (Å²) in [4.78, 5) is 26.7. The van der Waals surface area contributed by atoms with Gasteiger partial charge in [-0.25, -0.2) is 9.97 Å². The number of hydrogen-bond donors (Lipinski definition) is 1.